The van der Waals surface area contributed by atoms with Gasteiger partial charge >= 0.3 is 0 Å². The van der Waals surface area contributed by atoms with Gasteiger partial charge < -0.3 is 5.32 Å². The van der Waals surface area contributed by atoms with E-state index in [0.717, 1.165) is 29.4 Å². The third kappa shape index (κ3) is 4.65. The maximum Gasteiger partial charge on any atom is 0.123 e. The maximum absolute atomic E-state index is 13.0. The fourth-order valence-corrected chi connectivity index (χ4v) is 2.61. The van der Waals surface area contributed by atoms with Crippen LogP contribution in [0.25, 0.3) is 0 Å². The van der Waals surface area contributed by atoms with E-state index in [9.17, 15) is 4.39 Å². The predicted octanol–water partition coefficient (Wildman–Crippen LogP) is 5.18. The Labute approximate surface area is 134 Å². The summed E-state index contributed by atoms with van der Waals surface area (Å²) in [7, 11) is 0. The molecule has 0 spiro atoms. The highest BCUT2D eigenvalue weighted by Gasteiger charge is 2.12. The molecule has 0 fully saturated rings. The molecule has 0 heterocycles. The number of hydrogen-bond acceptors (Lipinski definition) is 1. The van der Waals surface area contributed by atoms with Gasteiger partial charge in [-0.3, -0.25) is 0 Å². The molecular formula is C18H21BrFN. The second kappa shape index (κ2) is 7.71. The lowest BCUT2D eigenvalue weighted by molar-refractivity contribution is 0.528. The second-order valence-corrected chi connectivity index (χ2v) is 6.20. The molecule has 0 saturated carbocycles. The summed E-state index contributed by atoms with van der Waals surface area (Å²) in [4.78, 5) is 0. The summed E-state index contributed by atoms with van der Waals surface area (Å²) in [5, 5.41) is 3.59. The van der Waals surface area contributed by atoms with Crippen molar-refractivity contribution in [2.24, 2.45) is 0 Å². The van der Waals surface area contributed by atoms with Gasteiger partial charge in [-0.2, -0.15) is 0 Å². The quantitative estimate of drug-likeness (QED) is 0.757. The van der Waals surface area contributed by atoms with E-state index in [1.807, 2.05) is 12.1 Å². The summed E-state index contributed by atoms with van der Waals surface area (Å²) in [5.41, 5.74) is 3.65. The highest BCUT2D eigenvalue weighted by molar-refractivity contribution is 9.10. The molecule has 1 atom stereocenters. The molecule has 1 unspecified atom stereocenters. The lowest BCUT2D eigenvalue weighted by Crippen LogP contribution is -2.24. The number of halogens is 2. The van der Waals surface area contributed by atoms with Gasteiger partial charge in [0, 0.05) is 10.5 Å². The normalized spacial score (nSPS) is 12.4. The zero-order valence-electron chi connectivity index (χ0n) is 12.5. The molecule has 21 heavy (non-hydrogen) atoms. The van der Waals surface area contributed by atoms with Crippen molar-refractivity contribution in [2.45, 2.75) is 32.7 Å². The van der Waals surface area contributed by atoms with Gasteiger partial charge in [0.15, 0.2) is 0 Å². The monoisotopic (exact) mass is 349 g/mol. The van der Waals surface area contributed by atoms with Crippen molar-refractivity contribution in [3.8, 4) is 0 Å². The van der Waals surface area contributed by atoms with E-state index in [1.54, 1.807) is 0 Å². The first kappa shape index (κ1) is 16.2. The van der Waals surface area contributed by atoms with E-state index in [4.69, 9.17) is 0 Å². The molecule has 112 valence electrons. The second-order valence-electron chi connectivity index (χ2n) is 5.35. The molecular weight excluding hydrogens is 329 g/mol. The van der Waals surface area contributed by atoms with E-state index >= 15 is 0 Å². The van der Waals surface area contributed by atoms with Crippen LogP contribution in [0.3, 0.4) is 0 Å². The molecule has 1 N–H and O–H groups in total. The van der Waals surface area contributed by atoms with Gasteiger partial charge in [-0.05, 0) is 61.2 Å². The van der Waals surface area contributed by atoms with Gasteiger partial charge in [0.05, 0.1) is 0 Å². The topological polar surface area (TPSA) is 12.0 Å². The van der Waals surface area contributed by atoms with E-state index in [2.05, 4.69) is 53.3 Å². The molecule has 0 saturated heterocycles. The number of hydrogen-bond donors (Lipinski definition) is 1. The standard InChI is InChI=1S/C18H21BrFN/c1-3-10-21-18(12-14-4-7-16(20)8-5-14)15-6-9-17(19)13(2)11-15/h4-9,11,18,21H,3,10,12H2,1-2H3. The number of nitrogens with one attached hydrogen (secondary N) is 1. The van der Waals surface area contributed by atoms with Crippen molar-refractivity contribution in [2.75, 3.05) is 6.54 Å². The van der Waals surface area contributed by atoms with Crippen LogP contribution in [0.15, 0.2) is 46.9 Å². The lowest BCUT2D eigenvalue weighted by Gasteiger charge is -2.20. The van der Waals surface area contributed by atoms with E-state index in [1.165, 1.54) is 23.3 Å². The Balaban J connectivity index is 2.20. The number of aryl methyl sites for hydroxylation is 1. The van der Waals surface area contributed by atoms with Crippen molar-refractivity contribution in [3.63, 3.8) is 0 Å². The Kier molecular flexibility index (Phi) is 5.95. The predicted molar refractivity (Wildman–Crippen MR) is 90.0 cm³/mol. The van der Waals surface area contributed by atoms with Gasteiger partial charge in [0.25, 0.3) is 0 Å². The summed E-state index contributed by atoms with van der Waals surface area (Å²) in [6.45, 7) is 5.23. The van der Waals surface area contributed by atoms with Crippen molar-refractivity contribution in [3.05, 3.63) is 69.4 Å². The lowest BCUT2D eigenvalue weighted by atomic mass is 9.97. The van der Waals surface area contributed by atoms with Crippen LogP contribution in [-0.2, 0) is 6.42 Å². The molecule has 3 heteroatoms. The Bertz CT molecular complexity index is 580. The highest BCUT2D eigenvalue weighted by Crippen LogP contribution is 2.24. The van der Waals surface area contributed by atoms with Crippen LogP contribution in [0.1, 0.15) is 36.1 Å². The Morgan fingerprint density at radius 3 is 2.48 bits per heavy atom. The van der Waals surface area contributed by atoms with Crippen molar-refractivity contribution < 1.29 is 4.39 Å². The molecule has 0 aliphatic heterocycles. The van der Waals surface area contributed by atoms with Crippen molar-refractivity contribution in [1.29, 1.82) is 0 Å². The number of rotatable bonds is 6. The van der Waals surface area contributed by atoms with Crippen LogP contribution < -0.4 is 5.32 Å². The van der Waals surface area contributed by atoms with Crippen molar-refractivity contribution in [1.82, 2.24) is 5.32 Å². The molecule has 2 aromatic rings. The zero-order valence-corrected chi connectivity index (χ0v) is 14.1. The Morgan fingerprint density at radius 2 is 1.86 bits per heavy atom. The summed E-state index contributed by atoms with van der Waals surface area (Å²) < 4.78 is 14.2. The first-order valence-corrected chi connectivity index (χ1v) is 8.13. The average molecular weight is 350 g/mol. The first-order valence-electron chi connectivity index (χ1n) is 7.34. The minimum absolute atomic E-state index is 0.184. The zero-order chi connectivity index (χ0) is 15.2. The van der Waals surface area contributed by atoms with Gasteiger partial charge in [-0.1, -0.05) is 47.1 Å². The van der Waals surface area contributed by atoms with Gasteiger partial charge in [-0.15, -0.1) is 0 Å². The van der Waals surface area contributed by atoms with Gasteiger partial charge in [0.2, 0.25) is 0 Å². The first-order chi connectivity index (χ1) is 10.1. The third-order valence-corrected chi connectivity index (χ3v) is 4.47. The van der Waals surface area contributed by atoms with E-state index < -0.39 is 0 Å². The molecule has 2 aromatic carbocycles. The smallest absolute Gasteiger partial charge is 0.123 e. The molecule has 0 aliphatic carbocycles. The fourth-order valence-electron chi connectivity index (χ4n) is 2.37. The third-order valence-electron chi connectivity index (χ3n) is 3.58. The fraction of sp³-hybridized carbons (Fsp3) is 0.333. The minimum Gasteiger partial charge on any atom is -0.310 e. The molecule has 1 nitrogen and oxygen atoms in total. The van der Waals surface area contributed by atoms with E-state index in [-0.39, 0.29) is 11.9 Å². The highest BCUT2D eigenvalue weighted by atomic mass is 79.9. The molecule has 0 aromatic heterocycles. The Hall–Kier alpha value is -1.19. The summed E-state index contributed by atoms with van der Waals surface area (Å²) in [6.07, 6.45) is 1.96. The Morgan fingerprint density at radius 1 is 1.14 bits per heavy atom. The summed E-state index contributed by atoms with van der Waals surface area (Å²) >= 11 is 3.54. The molecule has 2 rings (SSSR count). The number of benzene rings is 2. The maximum atomic E-state index is 13.0. The minimum atomic E-state index is -0.184. The van der Waals surface area contributed by atoms with Crippen LogP contribution in [0.5, 0.6) is 0 Å². The van der Waals surface area contributed by atoms with Crippen LogP contribution in [0, 0.1) is 12.7 Å². The largest absolute Gasteiger partial charge is 0.310 e. The molecule has 0 amide bonds. The molecule has 0 aliphatic rings. The average Bonchev–Trinajstić information content (AvgIpc) is 2.48. The van der Waals surface area contributed by atoms with Crippen LogP contribution in [0.2, 0.25) is 0 Å². The van der Waals surface area contributed by atoms with Crippen LogP contribution in [0.4, 0.5) is 4.39 Å². The van der Waals surface area contributed by atoms with Crippen molar-refractivity contribution >= 4 is 15.9 Å². The van der Waals surface area contributed by atoms with Crippen LogP contribution in [-0.4, -0.2) is 6.54 Å². The molecule has 0 radical (unpaired) electrons. The summed E-state index contributed by atoms with van der Waals surface area (Å²) in [5.74, 6) is -0.184. The summed E-state index contributed by atoms with van der Waals surface area (Å²) in [6, 6.07) is 13.5. The molecule has 0 bridgehead atoms. The SMILES string of the molecule is CCCNC(Cc1ccc(F)cc1)c1ccc(Br)c(C)c1. The van der Waals surface area contributed by atoms with Crippen LogP contribution >= 0.6 is 15.9 Å². The van der Waals surface area contributed by atoms with Gasteiger partial charge in [0.1, 0.15) is 5.82 Å². The van der Waals surface area contributed by atoms with E-state index in [0.29, 0.717) is 0 Å². The van der Waals surface area contributed by atoms with Gasteiger partial charge in [-0.25, -0.2) is 4.39 Å².